The Labute approximate surface area is 250 Å². The van der Waals surface area contributed by atoms with Gasteiger partial charge < -0.3 is 29.2 Å². The van der Waals surface area contributed by atoms with Gasteiger partial charge in [-0.05, 0) is 55.0 Å². The largest absolute Gasteiger partial charge is 0.497 e. The zero-order chi connectivity index (χ0) is 31.0. The van der Waals surface area contributed by atoms with E-state index in [4.69, 9.17) is 30.5 Å². The molecule has 0 bridgehead atoms. The summed E-state index contributed by atoms with van der Waals surface area (Å²) in [6.45, 7) is 0.909. The van der Waals surface area contributed by atoms with Crippen LogP contribution in [0.15, 0.2) is 65.6 Å². The minimum Gasteiger partial charge on any atom is -0.497 e. The van der Waals surface area contributed by atoms with E-state index >= 15 is 0 Å². The van der Waals surface area contributed by atoms with Crippen molar-refractivity contribution in [2.75, 3.05) is 46.3 Å². The summed E-state index contributed by atoms with van der Waals surface area (Å²) >= 11 is 6.27. The number of amides is 2. The Balaban J connectivity index is 2.13. The van der Waals surface area contributed by atoms with Crippen molar-refractivity contribution in [2.24, 2.45) is 0 Å². The maximum Gasteiger partial charge on any atom is 0.265 e. The second-order valence-corrected chi connectivity index (χ2v) is 11.3. The molecule has 0 saturated heterocycles. The predicted molar refractivity (Wildman–Crippen MR) is 159 cm³/mol. The predicted octanol–water partition coefficient (Wildman–Crippen LogP) is 3.73. The molecule has 0 aliphatic carbocycles. The fourth-order valence-corrected chi connectivity index (χ4v) is 5.79. The Kier molecular flexibility index (Phi) is 10.9. The first-order chi connectivity index (χ1) is 20.0. The summed E-state index contributed by atoms with van der Waals surface area (Å²) in [6, 6.07) is 14.6. The summed E-state index contributed by atoms with van der Waals surface area (Å²) in [4.78, 5) is 27.8. The van der Waals surface area contributed by atoms with Crippen LogP contribution in [0, 0.1) is 0 Å². The molecule has 226 valence electrons. The molecule has 0 heterocycles. The molecule has 1 atom stereocenters. The number of hydrogen-bond donors (Lipinski definition) is 1. The highest BCUT2D eigenvalue weighted by Gasteiger charge is 2.34. The van der Waals surface area contributed by atoms with Gasteiger partial charge in [-0.3, -0.25) is 13.9 Å². The highest BCUT2D eigenvalue weighted by atomic mass is 35.5. The van der Waals surface area contributed by atoms with E-state index in [1.165, 1.54) is 76.8 Å². The fraction of sp³-hybridized carbons (Fsp3) is 0.310. The third kappa shape index (κ3) is 7.18. The van der Waals surface area contributed by atoms with Gasteiger partial charge in [0.1, 0.15) is 24.1 Å². The van der Waals surface area contributed by atoms with Gasteiger partial charge in [-0.1, -0.05) is 23.7 Å². The molecule has 0 aliphatic rings. The standard InChI is InChI=1S/C29H34ClN3O8S/c1-19(29(35)31-2)32(17-20-7-10-22(38-3)11-8-20)28(34)18-33(24-15-21(30)9-13-25(24)39-4)42(36,37)23-12-14-26(40-5)27(16-23)41-6/h7-16,19H,17-18H2,1-6H3,(H,31,35)/t19-/m1/s1. The highest BCUT2D eigenvalue weighted by Crippen LogP contribution is 2.37. The molecule has 13 heteroatoms. The van der Waals surface area contributed by atoms with E-state index in [1.807, 2.05) is 0 Å². The van der Waals surface area contributed by atoms with Crippen molar-refractivity contribution < 1.29 is 37.0 Å². The number of benzene rings is 3. The zero-order valence-electron chi connectivity index (χ0n) is 24.2. The molecule has 3 rings (SSSR count). The van der Waals surface area contributed by atoms with E-state index in [9.17, 15) is 18.0 Å². The van der Waals surface area contributed by atoms with E-state index in [1.54, 1.807) is 31.2 Å². The third-order valence-corrected chi connectivity index (χ3v) is 8.55. The SMILES string of the molecule is CNC(=O)[C@@H](C)N(Cc1ccc(OC)cc1)C(=O)CN(c1cc(Cl)ccc1OC)S(=O)(=O)c1ccc(OC)c(OC)c1. The number of carbonyl (C=O) groups excluding carboxylic acids is 2. The lowest BCUT2D eigenvalue weighted by Gasteiger charge is -2.32. The van der Waals surface area contributed by atoms with Crippen LogP contribution in [-0.2, 0) is 26.2 Å². The van der Waals surface area contributed by atoms with E-state index in [0.29, 0.717) is 17.1 Å². The van der Waals surface area contributed by atoms with Gasteiger partial charge >= 0.3 is 0 Å². The van der Waals surface area contributed by atoms with Gasteiger partial charge in [-0.15, -0.1) is 0 Å². The Morgan fingerprint density at radius 3 is 2.05 bits per heavy atom. The summed E-state index contributed by atoms with van der Waals surface area (Å²) < 4.78 is 50.5. The average Bonchev–Trinajstić information content (AvgIpc) is 3.01. The van der Waals surface area contributed by atoms with Crippen molar-refractivity contribution in [3.8, 4) is 23.0 Å². The molecule has 1 N–H and O–H groups in total. The van der Waals surface area contributed by atoms with Crippen LogP contribution >= 0.6 is 11.6 Å². The van der Waals surface area contributed by atoms with Crippen molar-refractivity contribution in [1.82, 2.24) is 10.2 Å². The molecule has 0 saturated carbocycles. The van der Waals surface area contributed by atoms with Gasteiger partial charge in [0.15, 0.2) is 11.5 Å². The van der Waals surface area contributed by atoms with Crippen molar-refractivity contribution in [2.45, 2.75) is 24.4 Å². The molecule has 11 nitrogen and oxygen atoms in total. The van der Waals surface area contributed by atoms with Crippen LogP contribution in [0.25, 0.3) is 0 Å². The number of anilines is 1. The van der Waals surface area contributed by atoms with Crippen molar-refractivity contribution in [3.05, 3.63) is 71.2 Å². The smallest absolute Gasteiger partial charge is 0.265 e. The van der Waals surface area contributed by atoms with Crippen LogP contribution in [0.4, 0.5) is 5.69 Å². The van der Waals surface area contributed by atoms with Gasteiger partial charge in [-0.2, -0.15) is 0 Å². The molecular weight excluding hydrogens is 586 g/mol. The molecule has 0 spiro atoms. The van der Waals surface area contributed by atoms with Crippen LogP contribution in [-0.4, -0.2) is 73.2 Å². The highest BCUT2D eigenvalue weighted by molar-refractivity contribution is 7.92. The van der Waals surface area contributed by atoms with Gasteiger partial charge in [0.05, 0.1) is 39.0 Å². The van der Waals surface area contributed by atoms with Crippen molar-refractivity contribution in [3.63, 3.8) is 0 Å². The number of hydrogen-bond acceptors (Lipinski definition) is 8. The zero-order valence-corrected chi connectivity index (χ0v) is 25.8. The van der Waals surface area contributed by atoms with Crippen molar-refractivity contribution in [1.29, 1.82) is 0 Å². The first-order valence-corrected chi connectivity index (χ1v) is 14.5. The van der Waals surface area contributed by atoms with Crippen LogP contribution in [0.1, 0.15) is 12.5 Å². The number of carbonyl (C=O) groups is 2. The number of likely N-dealkylation sites (N-methyl/N-ethyl adjacent to an activating group) is 1. The van der Waals surface area contributed by atoms with E-state index in [-0.39, 0.29) is 33.6 Å². The molecule has 0 fully saturated rings. The van der Waals surface area contributed by atoms with Gasteiger partial charge in [0, 0.05) is 24.7 Å². The van der Waals surface area contributed by atoms with Crippen LogP contribution < -0.4 is 28.6 Å². The number of halogens is 1. The molecule has 0 radical (unpaired) electrons. The molecule has 3 aromatic carbocycles. The lowest BCUT2D eigenvalue weighted by molar-refractivity contribution is -0.139. The van der Waals surface area contributed by atoms with Crippen LogP contribution in [0.5, 0.6) is 23.0 Å². The number of nitrogens with zero attached hydrogens (tertiary/aromatic N) is 2. The monoisotopic (exact) mass is 619 g/mol. The number of methoxy groups -OCH3 is 4. The minimum absolute atomic E-state index is 0.0222. The lowest BCUT2D eigenvalue weighted by atomic mass is 10.1. The molecular formula is C29H34ClN3O8S. The first kappa shape index (κ1) is 32.4. The summed E-state index contributed by atoms with van der Waals surface area (Å²) in [5.41, 5.74) is 0.736. The van der Waals surface area contributed by atoms with E-state index in [0.717, 1.165) is 4.31 Å². The third-order valence-electron chi connectivity index (χ3n) is 6.56. The lowest BCUT2D eigenvalue weighted by Crippen LogP contribution is -2.50. The fourth-order valence-electron chi connectivity index (χ4n) is 4.19. The topological polar surface area (TPSA) is 124 Å². The molecule has 0 aromatic heterocycles. The molecule has 42 heavy (non-hydrogen) atoms. The van der Waals surface area contributed by atoms with Crippen LogP contribution in [0.2, 0.25) is 5.02 Å². The number of nitrogens with one attached hydrogen (secondary N) is 1. The summed E-state index contributed by atoms with van der Waals surface area (Å²) in [5, 5.41) is 2.77. The number of rotatable bonds is 13. The normalized spacial score (nSPS) is 11.7. The first-order valence-electron chi connectivity index (χ1n) is 12.7. The Morgan fingerprint density at radius 2 is 1.48 bits per heavy atom. The van der Waals surface area contributed by atoms with Crippen molar-refractivity contribution >= 4 is 39.1 Å². The Morgan fingerprint density at radius 1 is 0.857 bits per heavy atom. The van der Waals surface area contributed by atoms with Gasteiger partial charge in [-0.25, -0.2) is 8.42 Å². The number of sulfonamides is 1. The Hall–Kier alpha value is -4.16. The van der Waals surface area contributed by atoms with E-state index in [2.05, 4.69) is 5.32 Å². The summed E-state index contributed by atoms with van der Waals surface area (Å²) in [6.07, 6.45) is 0. The summed E-state index contributed by atoms with van der Waals surface area (Å²) in [7, 11) is 2.75. The minimum atomic E-state index is -4.43. The Bertz CT molecular complexity index is 1520. The second-order valence-electron chi connectivity index (χ2n) is 9.00. The van der Waals surface area contributed by atoms with Gasteiger partial charge in [0.2, 0.25) is 11.8 Å². The van der Waals surface area contributed by atoms with E-state index < -0.39 is 34.4 Å². The molecule has 3 aromatic rings. The maximum atomic E-state index is 14.2. The second kappa shape index (κ2) is 14.1. The number of ether oxygens (including phenoxy) is 4. The summed E-state index contributed by atoms with van der Waals surface area (Å²) in [5.74, 6) is 0.217. The molecule has 2 amide bonds. The molecule has 0 aliphatic heterocycles. The maximum absolute atomic E-state index is 14.2. The molecule has 0 unspecified atom stereocenters. The average molecular weight is 620 g/mol. The van der Waals surface area contributed by atoms with Gasteiger partial charge in [0.25, 0.3) is 10.0 Å². The van der Waals surface area contributed by atoms with Crippen LogP contribution in [0.3, 0.4) is 0 Å². The quantitative estimate of drug-likeness (QED) is 0.307.